The minimum atomic E-state index is -0.190. The first-order chi connectivity index (χ1) is 7.66. The van der Waals surface area contributed by atoms with E-state index in [0.717, 1.165) is 6.54 Å². The van der Waals surface area contributed by atoms with Crippen LogP contribution in [0.15, 0.2) is 24.3 Å². The van der Waals surface area contributed by atoms with E-state index in [2.05, 4.69) is 15.9 Å². The van der Waals surface area contributed by atoms with Crippen LogP contribution in [0.4, 0.5) is 4.39 Å². The quantitative estimate of drug-likeness (QED) is 0.781. The Hall–Kier alpha value is -0.900. The van der Waals surface area contributed by atoms with Gasteiger partial charge in [-0.05, 0) is 18.1 Å². The number of hydrogen-bond donors (Lipinski definition) is 0. The molecular weight excluding hydrogens is 273 g/mol. The summed E-state index contributed by atoms with van der Waals surface area (Å²) in [5, 5.41) is 0. The minimum Gasteiger partial charge on any atom is -0.341 e. The third-order valence-electron chi connectivity index (χ3n) is 2.78. The van der Waals surface area contributed by atoms with Gasteiger partial charge in [0, 0.05) is 24.3 Å². The summed E-state index contributed by atoms with van der Waals surface area (Å²) in [6.07, 6.45) is 1.13. The molecule has 1 aromatic rings. The van der Waals surface area contributed by atoms with E-state index in [0.29, 0.717) is 24.9 Å². The smallest absolute Gasteiger partial charge is 0.223 e. The maximum atomic E-state index is 13.3. The third-order valence-corrected chi connectivity index (χ3v) is 3.39. The Morgan fingerprint density at radius 3 is 2.81 bits per heavy atom. The van der Waals surface area contributed by atoms with Crippen molar-refractivity contribution in [1.29, 1.82) is 0 Å². The Kier molecular flexibility index (Phi) is 3.59. The number of rotatable bonds is 3. The van der Waals surface area contributed by atoms with Crippen molar-refractivity contribution in [2.45, 2.75) is 17.7 Å². The normalized spacial score (nSPS) is 20.5. The molecule has 1 heterocycles. The Balaban J connectivity index is 1.93. The minimum absolute atomic E-state index is 0.151. The fourth-order valence-corrected chi connectivity index (χ4v) is 2.52. The van der Waals surface area contributed by atoms with Gasteiger partial charge in [0.15, 0.2) is 0 Å². The lowest BCUT2D eigenvalue weighted by Crippen LogP contribution is -2.27. The molecule has 1 unspecified atom stereocenters. The molecule has 1 fully saturated rings. The molecule has 1 aliphatic heterocycles. The van der Waals surface area contributed by atoms with Crippen LogP contribution in [0.5, 0.6) is 0 Å². The number of carbonyl (C=O) groups excluding carboxylic acids is 1. The van der Waals surface area contributed by atoms with Crippen molar-refractivity contribution in [2.24, 2.45) is 0 Å². The van der Waals surface area contributed by atoms with E-state index in [9.17, 15) is 9.18 Å². The Labute approximate surface area is 103 Å². The molecule has 0 bridgehead atoms. The predicted molar refractivity (Wildman–Crippen MR) is 64.0 cm³/mol. The summed E-state index contributed by atoms with van der Waals surface area (Å²) >= 11 is 3.42. The van der Waals surface area contributed by atoms with Crippen molar-refractivity contribution in [1.82, 2.24) is 4.90 Å². The van der Waals surface area contributed by atoms with Gasteiger partial charge in [-0.15, -0.1) is 0 Å². The van der Waals surface area contributed by atoms with Gasteiger partial charge in [-0.2, -0.15) is 0 Å². The average Bonchev–Trinajstić information content (AvgIpc) is 2.56. The molecule has 1 amide bonds. The lowest BCUT2D eigenvalue weighted by Gasteiger charge is -2.15. The van der Waals surface area contributed by atoms with E-state index in [1.54, 1.807) is 17.0 Å². The zero-order valence-corrected chi connectivity index (χ0v) is 10.4. The molecule has 1 atom stereocenters. The van der Waals surface area contributed by atoms with Gasteiger partial charge in [0.05, 0.1) is 0 Å². The lowest BCUT2D eigenvalue weighted by atomic mass is 10.1. The molecule has 0 aromatic heterocycles. The molecule has 2 rings (SSSR count). The summed E-state index contributed by atoms with van der Waals surface area (Å²) in [7, 11) is 0. The average molecular weight is 286 g/mol. The SMILES string of the molecule is O=C1CC(Br)CN1CCc1ccccc1F. The number of likely N-dealkylation sites (tertiary alicyclic amines) is 1. The molecular formula is C12H13BrFNO. The van der Waals surface area contributed by atoms with Crippen molar-refractivity contribution in [3.63, 3.8) is 0 Å². The molecule has 0 saturated carbocycles. The summed E-state index contributed by atoms with van der Waals surface area (Å²) < 4.78 is 13.3. The Morgan fingerprint density at radius 2 is 2.19 bits per heavy atom. The highest BCUT2D eigenvalue weighted by atomic mass is 79.9. The second-order valence-electron chi connectivity index (χ2n) is 3.98. The van der Waals surface area contributed by atoms with Crippen molar-refractivity contribution in [2.75, 3.05) is 13.1 Å². The number of halogens is 2. The van der Waals surface area contributed by atoms with Crippen LogP contribution in [0.1, 0.15) is 12.0 Å². The van der Waals surface area contributed by atoms with Crippen LogP contribution in [0.2, 0.25) is 0 Å². The molecule has 0 spiro atoms. The van der Waals surface area contributed by atoms with Gasteiger partial charge >= 0.3 is 0 Å². The van der Waals surface area contributed by atoms with Crippen LogP contribution < -0.4 is 0 Å². The second kappa shape index (κ2) is 4.95. The Bertz CT molecular complexity index is 396. The Morgan fingerprint density at radius 1 is 1.44 bits per heavy atom. The highest BCUT2D eigenvalue weighted by Crippen LogP contribution is 2.18. The molecule has 16 heavy (non-hydrogen) atoms. The van der Waals surface area contributed by atoms with Crippen LogP contribution >= 0.6 is 15.9 Å². The summed E-state index contributed by atoms with van der Waals surface area (Å²) in [5.41, 5.74) is 0.674. The number of alkyl halides is 1. The first-order valence-corrected chi connectivity index (χ1v) is 6.23. The van der Waals surface area contributed by atoms with Crippen molar-refractivity contribution in [3.05, 3.63) is 35.6 Å². The number of hydrogen-bond acceptors (Lipinski definition) is 1. The van der Waals surface area contributed by atoms with Crippen LogP contribution in [0, 0.1) is 5.82 Å². The summed E-state index contributed by atoms with van der Waals surface area (Å²) in [4.78, 5) is 13.5. The van der Waals surface area contributed by atoms with Crippen LogP contribution in [-0.2, 0) is 11.2 Å². The fourth-order valence-electron chi connectivity index (χ4n) is 1.90. The van der Waals surface area contributed by atoms with Gasteiger partial charge in [-0.3, -0.25) is 4.79 Å². The number of carbonyl (C=O) groups is 1. The molecule has 1 aromatic carbocycles. The van der Waals surface area contributed by atoms with E-state index in [-0.39, 0.29) is 16.6 Å². The van der Waals surface area contributed by atoms with E-state index >= 15 is 0 Å². The number of amides is 1. The van der Waals surface area contributed by atoms with Crippen molar-refractivity contribution >= 4 is 21.8 Å². The molecule has 1 saturated heterocycles. The highest BCUT2D eigenvalue weighted by molar-refractivity contribution is 9.09. The van der Waals surface area contributed by atoms with Gasteiger partial charge in [-0.1, -0.05) is 34.1 Å². The van der Waals surface area contributed by atoms with Crippen LogP contribution in [0.25, 0.3) is 0 Å². The monoisotopic (exact) mass is 285 g/mol. The maximum Gasteiger partial charge on any atom is 0.223 e. The highest BCUT2D eigenvalue weighted by Gasteiger charge is 2.27. The van der Waals surface area contributed by atoms with Gasteiger partial charge in [-0.25, -0.2) is 4.39 Å². The summed E-state index contributed by atoms with van der Waals surface area (Å²) in [6, 6.07) is 6.71. The van der Waals surface area contributed by atoms with Crippen molar-refractivity contribution in [3.8, 4) is 0 Å². The van der Waals surface area contributed by atoms with Gasteiger partial charge < -0.3 is 4.90 Å². The maximum absolute atomic E-state index is 13.3. The van der Waals surface area contributed by atoms with E-state index in [1.165, 1.54) is 6.07 Å². The van der Waals surface area contributed by atoms with Gasteiger partial charge in [0.25, 0.3) is 0 Å². The molecule has 0 radical (unpaired) electrons. The fraction of sp³-hybridized carbons (Fsp3) is 0.417. The zero-order valence-electron chi connectivity index (χ0n) is 8.83. The zero-order chi connectivity index (χ0) is 11.5. The first-order valence-electron chi connectivity index (χ1n) is 5.32. The predicted octanol–water partition coefficient (Wildman–Crippen LogP) is 2.36. The lowest BCUT2D eigenvalue weighted by molar-refractivity contribution is -0.127. The molecule has 1 aliphatic rings. The molecule has 86 valence electrons. The van der Waals surface area contributed by atoms with Gasteiger partial charge in [0.1, 0.15) is 5.82 Å². The topological polar surface area (TPSA) is 20.3 Å². The van der Waals surface area contributed by atoms with Crippen molar-refractivity contribution < 1.29 is 9.18 Å². The van der Waals surface area contributed by atoms with Crippen LogP contribution in [-0.4, -0.2) is 28.7 Å². The van der Waals surface area contributed by atoms with E-state index in [4.69, 9.17) is 0 Å². The number of benzene rings is 1. The van der Waals surface area contributed by atoms with Crippen LogP contribution in [0.3, 0.4) is 0 Å². The van der Waals surface area contributed by atoms with E-state index in [1.807, 2.05) is 6.07 Å². The van der Waals surface area contributed by atoms with Gasteiger partial charge in [0.2, 0.25) is 5.91 Å². The summed E-state index contributed by atoms with van der Waals surface area (Å²) in [5.74, 6) is -0.0391. The largest absolute Gasteiger partial charge is 0.341 e. The van der Waals surface area contributed by atoms with E-state index < -0.39 is 0 Å². The first kappa shape index (κ1) is 11.6. The number of nitrogens with zero attached hydrogens (tertiary/aromatic N) is 1. The molecule has 0 N–H and O–H groups in total. The molecule has 0 aliphatic carbocycles. The third kappa shape index (κ3) is 2.61. The standard InChI is InChI=1S/C12H13BrFNO/c13-10-7-12(16)15(8-10)6-5-9-3-1-2-4-11(9)14/h1-4,10H,5-8H2. The molecule has 2 nitrogen and oxygen atoms in total. The summed E-state index contributed by atoms with van der Waals surface area (Å²) in [6.45, 7) is 1.33. The molecule has 4 heteroatoms. The second-order valence-corrected chi connectivity index (χ2v) is 5.28.